The lowest BCUT2D eigenvalue weighted by molar-refractivity contribution is -0.146. The number of aryl methyl sites for hydroxylation is 1. The average Bonchev–Trinajstić information content (AvgIpc) is 2.54. The average molecular weight is 296 g/mol. The molecule has 3 heteroatoms. The normalized spacial score (nSPS) is 11.7. The number of hydrogen-bond donors (Lipinski definition) is 0. The van der Waals surface area contributed by atoms with Gasteiger partial charge in [-0.15, -0.1) is 0 Å². The van der Waals surface area contributed by atoms with Crippen LogP contribution in [0, 0.1) is 12.8 Å². The lowest BCUT2D eigenvalue weighted by Gasteiger charge is -2.15. The second kappa shape index (κ2) is 7.55. The first-order valence-electron chi connectivity index (χ1n) is 7.43. The van der Waals surface area contributed by atoms with Crippen molar-refractivity contribution in [1.82, 2.24) is 0 Å². The van der Waals surface area contributed by atoms with Crippen molar-refractivity contribution >= 4 is 11.8 Å². The fourth-order valence-electron chi connectivity index (χ4n) is 2.29. The third kappa shape index (κ3) is 4.04. The molecule has 0 amide bonds. The molecule has 114 valence electrons. The van der Waals surface area contributed by atoms with Crippen LogP contribution in [0.15, 0.2) is 54.6 Å². The van der Waals surface area contributed by atoms with Crippen LogP contribution in [-0.4, -0.2) is 18.4 Å². The topological polar surface area (TPSA) is 43.4 Å². The van der Waals surface area contributed by atoms with Gasteiger partial charge < -0.3 is 4.74 Å². The Balaban J connectivity index is 2.25. The van der Waals surface area contributed by atoms with Crippen LogP contribution in [0.25, 0.3) is 0 Å². The molecule has 3 nitrogen and oxygen atoms in total. The van der Waals surface area contributed by atoms with Crippen molar-refractivity contribution in [3.63, 3.8) is 0 Å². The summed E-state index contributed by atoms with van der Waals surface area (Å²) >= 11 is 0. The maximum absolute atomic E-state index is 12.7. The van der Waals surface area contributed by atoms with Crippen molar-refractivity contribution in [2.45, 2.75) is 20.3 Å². The van der Waals surface area contributed by atoms with Gasteiger partial charge in [0.15, 0.2) is 5.78 Å². The molecule has 0 saturated heterocycles. The molecular formula is C19H20O3. The molecule has 1 atom stereocenters. The van der Waals surface area contributed by atoms with Gasteiger partial charge in [0.05, 0.1) is 6.61 Å². The molecule has 0 aromatic heterocycles. The van der Waals surface area contributed by atoms with Crippen LogP contribution in [0.1, 0.15) is 28.4 Å². The zero-order chi connectivity index (χ0) is 15.9. The van der Waals surface area contributed by atoms with Gasteiger partial charge >= 0.3 is 5.97 Å². The number of rotatable bonds is 6. The molecule has 0 aliphatic carbocycles. The van der Waals surface area contributed by atoms with Crippen LogP contribution in [0.3, 0.4) is 0 Å². The van der Waals surface area contributed by atoms with E-state index in [4.69, 9.17) is 4.74 Å². The number of benzene rings is 2. The van der Waals surface area contributed by atoms with Gasteiger partial charge in [0.25, 0.3) is 0 Å². The van der Waals surface area contributed by atoms with E-state index in [9.17, 15) is 9.59 Å². The van der Waals surface area contributed by atoms with E-state index < -0.39 is 11.9 Å². The zero-order valence-electron chi connectivity index (χ0n) is 12.9. The molecule has 2 rings (SSSR count). The largest absolute Gasteiger partial charge is 0.465 e. The Kier molecular flexibility index (Phi) is 5.48. The molecule has 22 heavy (non-hydrogen) atoms. The number of carbonyl (C=O) groups is 2. The minimum atomic E-state index is -0.801. The summed E-state index contributed by atoms with van der Waals surface area (Å²) in [6, 6.07) is 16.8. The van der Waals surface area contributed by atoms with Crippen LogP contribution in [-0.2, 0) is 16.0 Å². The third-order valence-electron chi connectivity index (χ3n) is 3.51. The van der Waals surface area contributed by atoms with Crippen molar-refractivity contribution in [3.8, 4) is 0 Å². The molecule has 0 bridgehead atoms. The Morgan fingerprint density at radius 1 is 1.00 bits per heavy atom. The van der Waals surface area contributed by atoms with E-state index in [1.54, 1.807) is 19.1 Å². The first kappa shape index (κ1) is 16.0. The van der Waals surface area contributed by atoms with E-state index in [0.717, 1.165) is 11.1 Å². The van der Waals surface area contributed by atoms with Crippen molar-refractivity contribution < 1.29 is 14.3 Å². The predicted molar refractivity (Wildman–Crippen MR) is 85.8 cm³/mol. The Morgan fingerprint density at radius 3 is 2.23 bits per heavy atom. The van der Waals surface area contributed by atoms with Gasteiger partial charge in [-0.2, -0.15) is 0 Å². The highest BCUT2D eigenvalue weighted by Crippen LogP contribution is 2.17. The lowest BCUT2D eigenvalue weighted by Crippen LogP contribution is -2.28. The lowest BCUT2D eigenvalue weighted by atomic mass is 9.91. The summed E-state index contributed by atoms with van der Waals surface area (Å²) < 4.78 is 5.08. The van der Waals surface area contributed by atoms with E-state index >= 15 is 0 Å². The quantitative estimate of drug-likeness (QED) is 0.465. The Hall–Kier alpha value is -2.42. The number of carbonyl (C=O) groups excluding carboxylic acids is 2. The maximum atomic E-state index is 12.7. The van der Waals surface area contributed by atoms with Crippen LogP contribution >= 0.6 is 0 Å². The Labute approximate surface area is 130 Å². The Bertz CT molecular complexity index is 629. The standard InChI is InChI=1S/C19H20O3/c1-3-22-19(21)17(13-15-7-5-4-6-8-15)18(20)16-11-9-14(2)10-12-16/h4-12,17H,3,13H2,1-2H3/t17-/m1/s1. The van der Waals surface area contributed by atoms with E-state index in [2.05, 4.69) is 0 Å². The summed E-state index contributed by atoms with van der Waals surface area (Å²) in [5, 5.41) is 0. The van der Waals surface area contributed by atoms with Crippen LogP contribution in [0.5, 0.6) is 0 Å². The van der Waals surface area contributed by atoms with Gasteiger partial charge in [-0.3, -0.25) is 9.59 Å². The summed E-state index contributed by atoms with van der Waals surface area (Å²) in [6.07, 6.45) is 0.354. The summed E-state index contributed by atoms with van der Waals surface area (Å²) in [6.45, 7) is 3.97. The number of ketones is 1. The molecule has 2 aromatic carbocycles. The number of esters is 1. The minimum Gasteiger partial charge on any atom is -0.465 e. The van der Waals surface area contributed by atoms with Gasteiger partial charge in [0, 0.05) is 5.56 Å². The van der Waals surface area contributed by atoms with E-state index in [1.165, 1.54) is 0 Å². The van der Waals surface area contributed by atoms with E-state index in [-0.39, 0.29) is 12.4 Å². The zero-order valence-corrected chi connectivity index (χ0v) is 12.9. The van der Waals surface area contributed by atoms with Crippen molar-refractivity contribution in [1.29, 1.82) is 0 Å². The molecule has 0 N–H and O–H groups in total. The fraction of sp³-hybridized carbons (Fsp3) is 0.263. The van der Waals surface area contributed by atoms with Crippen LogP contribution in [0.2, 0.25) is 0 Å². The number of ether oxygens (including phenoxy) is 1. The van der Waals surface area contributed by atoms with Gasteiger partial charge in [0.1, 0.15) is 5.92 Å². The third-order valence-corrected chi connectivity index (χ3v) is 3.51. The van der Waals surface area contributed by atoms with Gasteiger partial charge in [-0.05, 0) is 25.8 Å². The summed E-state index contributed by atoms with van der Waals surface area (Å²) in [4.78, 5) is 24.9. The molecular weight excluding hydrogens is 276 g/mol. The monoisotopic (exact) mass is 296 g/mol. The van der Waals surface area contributed by atoms with Crippen LogP contribution < -0.4 is 0 Å². The van der Waals surface area contributed by atoms with Crippen LogP contribution in [0.4, 0.5) is 0 Å². The second-order valence-corrected chi connectivity index (χ2v) is 5.22. The predicted octanol–water partition coefficient (Wildman–Crippen LogP) is 3.60. The maximum Gasteiger partial charge on any atom is 0.317 e. The number of hydrogen-bond acceptors (Lipinski definition) is 3. The molecule has 0 spiro atoms. The molecule has 0 aliphatic heterocycles. The molecule has 0 fully saturated rings. The van der Waals surface area contributed by atoms with Gasteiger partial charge in [0.2, 0.25) is 0 Å². The minimum absolute atomic E-state index is 0.192. The highest BCUT2D eigenvalue weighted by molar-refractivity contribution is 6.08. The van der Waals surface area contributed by atoms with Gasteiger partial charge in [-0.25, -0.2) is 0 Å². The first-order chi connectivity index (χ1) is 10.6. The van der Waals surface area contributed by atoms with Crippen molar-refractivity contribution in [2.24, 2.45) is 5.92 Å². The number of Topliss-reactive ketones (excluding diaryl/α,β-unsaturated/α-hetero) is 1. The summed E-state index contributed by atoms with van der Waals surface area (Å²) in [7, 11) is 0. The first-order valence-corrected chi connectivity index (χ1v) is 7.43. The molecule has 0 aliphatic rings. The van der Waals surface area contributed by atoms with Crippen molar-refractivity contribution in [2.75, 3.05) is 6.61 Å². The highest BCUT2D eigenvalue weighted by atomic mass is 16.5. The van der Waals surface area contributed by atoms with E-state index in [0.29, 0.717) is 12.0 Å². The second-order valence-electron chi connectivity index (χ2n) is 5.22. The molecule has 0 radical (unpaired) electrons. The fourth-order valence-corrected chi connectivity index (χ4v) is 2.29. The Morgan fingerprint density at radius 2 is 1.64 bits per heavy atom. The molecule has 0 heterocycles. The summed E-state index contributed by atoms with van der Waals surface area (Å²) in [5.41, 5.74) is 2.56. The molecule has 0 unspecified atom stereocenters. The van der Waals surface area contributed by atoms with Crippen molar-refractivity contribution in [3.05, 3.63) is 71.3 Å². The van der Waals surface area contributed by atoms with E-state index in [1.807, 2.05) is 49.4 Å². The summed E-state index contributed by atoms with van der Waals surface area (Å²) in [5.74, 6) is -1.45. The van der Waals surface area contributed by atoms with Gasteiger partial charge in [-0.1, -0.05) is 60.2 Å². The molecule has 2 aromatic rings. The SMILES string of the molecule is CCOC(=O)[C@H](Cc1ccccc1)C(=O)c1ccc(C)cc1. The smallest absolute Gasteiger partial charge is 0.317 e. The highest BCUT2D eigenvalue weighted by Gasteiger charge is 2.29. The molecule has 0 saturated carbocycles.